The molecule has 1 amide bonds. The third-order valence-corrected chi connectivity index (χ3v) is 4.26. The van der Waals surface area contributed by atoms with Crippen molar-refractivity contribution in [2.24, 2.45) is 0 Å². The number of benzene rings is 2. The van der Waals surface area contributed by atoms with E-state index in [1.54, 1.807) is 37.4 Å². The van der Waals surface area contributed by atoms with Gasteiger partial charge in [-0.1, -0.05) is 48.5 Å². The highest BCUT2D eigenvalue weighted by atomic mass is 32.2. The number of nitrogens with zero attached hydrogens (tertiary/aromatic N) is 3. The van der Waals surface area contributed by atoms with Crippen LogP contribution in [0.15, 0.2) is 65.6 Å². The van der Waals surface area contributed by atoms with E-state index in [1.165, 1.54) is 4.90 Å². The van der Waals surface area contributed by atoms with Gasteiger partial charge in [0, 0.05) is 13.6 Å². The number of carbonyl (C=O) groups excluding carboxylic acids is 1. The molecule has 0 fully saturated rings. The van der Waals surface area contributed by atoms with Crippen LogP contribution in [0.3, 0.4) is 0 Å². The Bertz CT molecular complexity index is 759. The van der Waals surface area contributed by atoms with Crippen molar-refractivity contribution in [1.29, 1.82) is 0 Å². The van der Waals surface area contributed by atoms with Crippen LogP contribution in [0.1, 0.15) is 5.56 Å². The summed E-state index contributed by atoms with van der Waals surface area (Å²) < 4.78 is 17.0. The van der Waals surface area contributed by atoms with E-state index in [0.29, 0.717) is 17.9 Å². The van der Waals surface area contributed by atoms with Crippen molar-refractivity contribution in [2.75, 3.05) is 13.6 Å². The van der Waals surface area contributed by atoms with Crippen molar-refractivity contribution in [2.45, 2.75) is 11.3 Å². The van der Waals surface area contributed by atoms with Gasteiger partial charge >= 0.3 is 11.8 Å². The van der Waals surface area contributed by atoms with Gasteiger partial charge in [0.15, 0.2) is 0 Å². The van der Waals surface area contributed by atoms with Crippen LogP contribution < -0.4 is 0 Å². The molecule has 0 spiro atoms. The molecule has 0 saturated carbocycles. The van der Waals surface area contributed by atoms with Crippen LogP contribution >= 0.6 is 0 Å². The Morgan fingerprint density at radius 1 is 1.12 bits per heavy atom. The number of rotatable bonds is 5. The first kappa shape index (κ1) is 17.6. The molecule has 0 N–H and O–H groups in total. The molecular weight excluding hydrogens is 326 g/mol. The highest BCUT2D eigenvalue weighted by molar-refractivity contribution is 7.80. The van der Waals surface area contributed by atoms with E-state index in [-0.39, 0.29) is 0 Å². The zero-order chi connectivity index (χ0) is 17.4. The van der Waals surface area contributed by atoms with E-state index in [4.69, 9.17) is 9.71 Å². The van der Waals surface area contributed by atoms with Gasteiger partial charge in [0.1, 0.15) is 0 Å². The quantitative estimate of drug-likeness (QED) is 0.360. The van der Waals surface area contributed by atoms with Gasteiger partial charge in [0.2, 0.25) is 11.1 Å². The normalized spacial score (nSPS) is 11.2. The van der Waals surface area contributed by atoms with E-state index in [9.17, 15) is 9.00 Å². The van der Waals surface area contributed by atoms with E-state index >= 15 is 0 Å². The van der Waals surface area contributed by atoms with E-state index < -0.39 is 22.9 Å². The number of carbonyl (C=O) groups is 1. The molecule has 0 aliphatic heterocycles. The second-order valence-corrected chi connectivity index (χ2v) is 6.11. The number of hydrogen-bond acceptors (Lipinski definition) is 3. The molecule has 0 aliphatic rings. The minimum absolute atomic E-state index is 0.374. The van der Waals surface area contributed by atoms with E-state index in [1.807, 2.05) is 30.3 Å². The third-order valence-electron chi connectivity index (χ3n) is 3.29. The average Bonchev–Trinajstić information content (AvgIpc) is 2.65. The molecule has 0 radical (unpaired) electrons. The Balaban J connectivity index is 1.95. The third kappa shape index (κ3) is 4.87. The largest absolute Gasteiger partial charge is 0.555 e. The van der Waals surface area contributed by atoms with Gasteiger partial charge < -0.3 is 14.6 Å². The Hall–Kier alpha value is -2.76. The summed E-state index contributed by atoms with van der Waals surface area (Å²) in [4.78, 5) is 16.8. The van der Waals surface area contributed by atoms with Gasteiger partial charge in [-0.15, -0.1) is 4.79 Å². The van der Waals surface area contributed by atoms with Crippen molar-refractivity contribution in [1.82, 2.24) is 4.90 Å². The highest BCUT2D eigenvalue weighted by Crippen LogP contribution is 2.08. The topological polar surface area (TPSA) is 83.0 Å². The summed E-state index contributed by atoms with van der Waals surface area (Å²) in [6, 6.07) is 18.0. The molecule has 7 heteroatoms. The van der Waals surface area contributed by atoms with Crippen LogP contribution in [0.4, 0.5) is 0 Å². The molecule has 0 saturated heterocycles. The fourth-order valence-electron chi connectivity index (χ4n) is 1.95. The first-order valence-corrected chi connectivity index (χ1v) is 8.36. The molecule has 0 aliphatic carbocycles. The van der Waals surface area contributed by atoms with Crippen molar-refractivity contribution in [3.05, 3.63) is 71.8 Å². The Labute approximate surface area is 143 Å². The van der Waals surface area contributed by atoms with Crippen molar-refractivity contribution < 1.29 is 18.0 Å². The Morgan fingerprint density at radius 3 is 2.29 bits per heavy atom. The highest BCUT2D eigenvalue weighted by Gasteiger charge is 2.29. The summed E-state index contributed by atoms with van der Waals surface area (Å²) >= 11 is -1.93. The summed E-state index contributed by atoms with van der Waals surface area (Å²) in [7, 11) is 1.56. The molecule has 6 nitrogen and oxygen atoms in total. The van der Waals surface area contributed by atoms with E-state index in [2.05, 4.69) is 4.79 Å². The molecule has 2 aromatic carbocycles. The molecule has 0 aromatic heterocycles. The zero-order valence-electron chi connectivity index (χ0n) is 13.2. The minimum Gasteiger partial charge on any atom is -0.357 e. The molecule has 124 valence electrons. The SMILES string of the molecule is CN(CCc1ccccc1)C(=O)C(=[N+]=[N-])OS(=O)c1ccccc1. The summed E-state index contributed by atoms with van der Waals surface area (Å²) in [5.41, 5.74) is 10.1. The van der Waals surface area contributed by atoms with Gasteiger partial charge in [-0.25, -0.2) is 4.21 Å². The zero-order valence-corrected chi connectivity index (χ0v) is 14.0. The predicted octanol–water partition coefficient (Wildman–Crippen LogP) is 2.06. The van der Waals surface area contributed by atoms with E-state index in [0.717, 1.165) is 5.56 Å². The molecule has 24 heavy (non-hydrogen) atoms. The lowest BCUT2D eigenvalue weighted by atomic mass is 10.1. The monoisotopic (exact) mass is 343 g/mol. The molecule has 2 aromatic rings. The van der Waals surface area contributed by atoms with Gasteiger partial charge in [-0.3, -0.25) is 4.79 Å². The molecule has 1 atom stereocenters. The predicted molar refractivity (Wildman–Crippen MR) is 90.3 cm³/mol. The lowest BCUT2D eigenvalue weighted by Gasteiger charge is -2.14. The second-order valence-electron chi connectivity index (χ2n) is 5.00. The number of amides is 1. The van der Waals surface area contributed by atoms with Crippen LogP contribution in [0.5, 0.6) is 0 Å². The number of likely N-dealkylation sites (N-methyl/N-ethyl adjacent to an activating group) is 1. The summed E-state index contributed by atoms with van der Waals surface area (Å²) in [5.74, 6) is -1.24. The van der Waals surface area contributed by atoms with Crippen LogP contribution in [-0.4, -0.2) is 39.3 Å². The smallest absolute Gasteiger partial charge is 0.357 e. The van der Waals surface area contributed by atoms with Crippen LogP contribution in [0, 0.1) is 0 Å². The molecule has 0 heterocycles. The van der Waals surface area contributed by atoms with Crippen LogP contribution in [0.25, 0.3) is 5.53 Å². The first-order chi connectivity index (χ1) is 11.6. The van der Waals surface area contributed by atoms with Crippen LogP contribution in [-0.2, 0) is 26.5 Å². The maximum absolute atomic E-state index is 12.2. The van der Waals surface area contributed by atoms with Gasteiger partial charge in [-0.2, -0.15) is 0 Å². The molecular formula is C17H17N3O3S. The fraction of sp³-hybridized carbons (Fsp3) is 0.176. The Kier molecular flexibility index (Phi) is 6.42. The average molecular weight is 343 g/mol. The lowest BCUT2D eigenvalue weighted by Crippen LogP contribution is -2.36. The van der Waals surface area contributed by atoms with Gasteiger partial charge in [0.05, 0.1) is 4.90 Å². The standard InChI is InChI=1S/C17H17N3O3S/c1-20(13-12-14-8-4-2-5-9-14)17(21)16(19-18)23-24(22)15-10-6-3-7-11-15/h2-11H,12-13H2,1H3. The minimum atomic E-state index is -1.93. The molecule has 1 unspecified atom stereocenters. The van der Waals surface area contributed by atoms with Gasteiger partial charge in [-0.05, 0) is 24.1 Å². The lowest BCUT2D eigenvalue weighted by molar-refractivity contribution is -0.130. The molecule has 0 bridgehead atoms. The maximum atomic E-state index is 12.2. The summed E-state index contributed by atoms with van der Waals surface area (Å²) in [6.07, 6.45) is 0.642. The number of hydrogen-bond donors (Lipinski definition) is 0. The van der Waals surface area contributed by atoms with Crippen molar-refractivity contribution >= 4 is 22.9 Å². The van der Waals surface area contributed by atoms with Crippen LogP contribution in [0.2, 0.25) is 0 Å². The summed E-state index contributed by atoms with van der Waals surface area (Å²) in [5, 5.41) is 0. The van der Waals surface area contributed by atoms with Crippen molar-refractivity contribution in [3.63, 3.8) is 0 Å². The summed E-state index contributed by atoms with van der Waals surface area (Å²) in [6.45, 7) is 0.406. The maximum Gasteiger partial charge on any atom is 0.555 e. The second kappa shape index (κ2) is 8.76. The first-order valence-electron chi connectivity index (χ1n) is 7.28. The fourth-order valence-corrected chi connectivity index (χ4v) is 2.68. The van der Waals surface area contributed by atoms with Gasteiger partial charge in [0.25, 0.3) is 0 Å². The molecule has 2 rings (SSSR count). The Morgan fingerprint density at radius 2 is 1.71 bits per heavy atom. The van der Waals surface area contributed by atoms with Crippen molar-refractivity contribution in [3.8, 4) is 0 Å².